The fraction of sp³-hybridized carbons (Fsp3) is 0.435. The largest absolute Gasteiger partial charge is 0.449 e. The summed E-state index contributed by atoms with van der Waals surface area (Å²) in [4.78, 5) is 47.7. The molecule has 0 radical (unpaired) electrons. The lowest BCUT2D eigenvalue weighted by molar-refractivity contribution is -0.124. The van der Waals surface area contributed by atoms with Crippen molar-refractivity contribution in [2.75, 3.05) is 52.8 Å². The Hall–Kier alpha value is -3.40. The molecule has 0 aliphatic heterocycles. The molecule has 0 saturated heterocycles. The number of nitrogens with one attached hydrogen (secondary N) is 2. The fourth-order valence-corrected chi connectivity index (χ4v) is 3.05. The molecule has 0 bridgehead atoms. The average molecular weight is 491 g/mol. The van der Waals surface area contributed by atoms with Crippen molar-refractivity contribution in [1.82, 2.24) is 25.5 Å². The summed E-state index contributed by atoms with van der Waals surface area (Å²) in [5.74, 6) is -0.177. The molecule has 0 atom stereocenters. The predicted molar refractivity (Wildman–Crippen MR) is 131 cm³/mol. The van der Waals surface area contributed by atoms with E-state index in [4.69, 9.17) is 16.3 Å². The summed E-state index contributed by atoms with van der Waals surface area (Å²) in [6.45, 7) is -0.360. The van der Waals surface area contributed by atoms with Gasteiger partial charge in [-0.05, 0) is 37.5 Å². The van der Waals surface area contributed by atoms with Crippen molar-refractivity contribution in [1.29, 1.82) is 0 Å². The summed E-state index contributed by atoms with van der Waals surface area (Å²) in [6, 6.07) is 9.41. The van der Waals surface area contributed by atoms with Crippen molar-refractivity contribution in [2.24, 2.45) is 0 Å². The number of rotatable bonds is 11. The maximum atomic E-state index is 12.3. The van der Waals surface area contributed by atoms with E-state index >= 15 is 0 Å². The molecule has 2 N–H and O–H groups in total. The van der Waals surface area contributed by atoms with Crippen molar-refractivity contribution >= 4 is 35.5 Å². The van der Waals surface area contributed by atoms with Crippen LogP contribution in [-0.2, 0) is 20.7 Å². The molecule has 3 amide bonds. The van der Waals surface area contributed by atoms with Crippen LogP contribution in [0.5, 0.6) is 0 Å². The van der Waals surface area contributed by atoms with Gasteiger partial charge in [0.2, 0.25) is 17.8 Å². The number of likely N-dealkylation sites (N-methyl/N-ethyl adjacent to an activating group) is 2. The van der Waals surface area contributed by atoms with Crippen molar-refractivity contribution in [3.63, 3.8) is 0 Å². The van der Waals surface area contributed by atoms with Crippen LogP contribution in [0, 0.1) is 0 Å². The molecule has 2 rings (SSSR count). The number of ether oxygens (including phenoxy) is 1. The Bertz CT molecular complexity index is 966. The summed E-state index contributed by atoms with van der Waals surface area (Å²) >= 11 is 6.00. The van der Waals surface area contributed by atoms with E-state index in [-0.39, 0.29) is 19.7 Å². The van der Waals surface area contributed by atoms with Crippen LogP contribution in [0.15, 0.2) is 30.3 Å². The lowest BCUT2D eigenvalue weighted by Gasteiger charge is -2.20. The van der Waals surface area contributed by atoms with E-state index in [1.54, 1.807) is 0 Å². The number of amides is 3. The van der Waals surface area contributed by atoms with E-state index in [0.717, 1.165) is 28.3 Å². The Balaban J connectivity index is 1.94. The highest BCUT2D eigenvalue weighted by molar-refractivity contribution is 6.30. The molecule has 0 fully saturated rings. The number of aryl methyl sites for hydroxylation is 1. The van der Waals surface area contributed by atoms with E-state index in [9.17, 15) is 14.4 Å². The number of carbonyl (C=O) groups excluding carboxylic acids is 3. The number of nitrogens with zero attached hydrogens (tertiary/aromatic N) is 4. The fourth-order valence-electron chi connectivity index (χ4n) is 2.93. The molecule has 0 aliphatic carbocycles. The summed E-state index contributed by atoms with van der Waals surface area (Å²) < 4.78 is 5.27. The van der Waals surface area contributed by atoms with Gasteiger partial charge in [0.15, 0.2) is 0 Å². The van der Waals surface area contributed by atoms with Crippen molar-refractivity contribution in [3.05, 3.63) is 41.0 Å². The molecule has 34 heavy (non-hydrogen) atoms. The zero-order chi connectivity index (χ0) is 25.1. The van der Waals surface area contributed by atoms with Crippen LogP contribution in [0.4, 0.5) is 10.7 Å². The first kappa shape index (κ1) is 26.8. The molecule has 2 aromatic rings. The minimum atomic E-state index is -0.714. The van der Waals surface area contributed by atoms with Crippen molar-refractivity contribution < 1.29 is 19.1 Å². The smallest absolute Gasteiger partial charge is 0.410 e. The maximum Gasteiger partial charge on any atom is 0.410 e. The summed E-state index contributed by atoms with van der Waals surface area (Å²) in [5, 5.41) is 5.51. The van der Waals surface area contributed by atoms with Gasteiger partial charge in [-0.15, -0.1) is 0 Å². The van der Waals surface area contributed by atoms with E-state index < -0.39 is 17.9 Å². The van der Waals surface area contributed by atoms with Gasteiger partial charge in [0, 0.05) is 44.5 Å². The number of carbonyl (C=O) groups is 3. The van der Waals surface area contributed by atoms with Crippen molar-refractivity contribution in [3.8, 4) is 11.3 Å². The van der Waals surface area contributed by atoms with Gasteiger partial charge in [-0.2, -0.15) is 0 Å². The Labute approximate surface area is 204 Å². The number of benzene rings is 1. The molecule has 1 heterocycles. The average Bonchev–Trinajstić information content (AvgIpc) is 2.83. The minimum Gasteiger partial charge on any atom is -0.449 e. The lowest BCUT2D eigenvalue weighted by Crippen LogP contribution is -2.45. The number of aromatic nitrogens is 2. The highest BCUT2D eigenvalue weighted by Gasteiger charge is 2.20. The van der Waals surface area contributed by atoms with E-state index in [1.807, 2.05) is 49.3 Å². The highest BCUT2D eigenvalue weighted by Crippen LogP contribution is 2.23. The zero-order valence-electron chi connectivity index (χ0n) is 19.9. The number of hydrogen-bond donors (Lipinski definition) is 2. The van der Waals surface area contributed by atoms with Crippen LogP contribution >= 0.6 is 11.6 Å². The first-order valence-corrected chi connectivity index (χ1v) is 11.3. The third-order valence-electron chi connectivity index (χ3n) is 4.84. The monoisotopic (exact) mass is 490 g/mol. The van der Waals surface area contributed by atoms with Gasteiger partial charge in [0.1, 0.15) is 13.1 Å². The normalized spacial score (nSPS) is 10.4. The Morgan fingerprint density at radius 1 is 0.971 bits per heavy atom. The molecule has 0 unspecified atom stereocenters. The second kappa shape index (κ2) is 13.3. The van der Waals surface area contributed by atoms with Crippen LogP contribution in [0.2, 0.25) is 5.02 Å². The van der Waals surface area contributed by atoms with Crippen LogP contribution < -0.4 is 15.5 Å². The van der Waals surface area contributed by atoms with Gasteiger partial charge in [-0.25, -0.2) is 14.8 Å². The summed E-state index contributed by atoms with van der Waals surface area (Å²) in [5.41, 5.74) is 2.61. The second-order valence-electron chi connectivity index (χ2n) is 7.72. The highest BCUT2D eigenvalue weighted by atomic mass is 35.5. The molecule has 1 aromatic heterocycles. The van der Waals surface area contributed by atoms with E-state index in [1.165, 1.54) is 14.1 Å². The van der Waals surface area contributed by atoms with Gasteiger partial charge in [0.25, 0.3) is 0 Å². The number of anilines is 1. The zero-order valence-corrected chi connectivity index (χ0v) is 20.7. The van der Waals surface area contributed by atoms with Crippen molar-refractivity contribution in [2.45, 2.75) is 19.3 Å². The third kappa shape index (κ3) is 8.51. The lowest BCUT2D eigenvalue weighted by atomic mass is 10.1. The van der Waals surface area contributed by atoms with E-state index in [0.29, 0.717) is 23.8 Å². The second-order valence-corrected chi connectivity index (χ2v) is 8.16. The third-order valence-corrected chi connectivity index (χ3v) is 5.10. The Kier molecular flexibility index (Phi) is 10.5. The van der Waals surface area contributed by atoms with Crippen LogP contribution in [0.25, 0.3) is 11.3 Å². The summed E-state index contributed by atoms with van der Waals surface area (Å²) in [7, 11) is 6.68. The summed E-state index contributed by atoms with van der Waals surface area (Å²) in [6.07, 6.45) is 1.27. The molecule has 184 valence electrons. The van der Waals surface area contributed by atoms with Gasteiger partial charge < -0.3 is 20.3 Å². The van der Waals surface area contributed by atoms with Gasteiger partial charge >= 0.3 is 6.09 Å². The SMILES string of the molecule is CNC(=O)CN(CC(=O)NC)C(=O)OCCCCc1cc(-c2ccc(Cl)cc2)nc(N(C)C)n1. The molecule has 0 saturated carbocycles. The Morgan fingerprint density at radius 3 is 2.15 bits per heavy atom. The number of hydrogen-bond acceptors (Lipinski definition) is 7. The first-order chi connectivity index (χ1) is 16.2. The molecular formula is C23H31ClN6O4. The first-order valence-electron chi connectivity index (χ1n) is 10.9. The van der Waals surface area contributed by atoms with Gasteiger partial charge in [-0.3, -0.25) is 14.5 Å². The molecule has 0 aliphatic rings. The number of unbranched alkanes of at least 4 members (excludes halogenated alkanes) is 1. The van der Waals surface area contributed by atoms with Crippen LogP contribution in [-0.4, -0.2) is 80.7 Å². The Morgan fingerprint density at radius 2 is 1.59 bits per heavy atom. The number of halogens is 1. The van der Waals surface area contributed by atoms with Crippen LogP contribution in [0.3, 0.4) is 0 Å². The molecule has 10 nitrogen and oxygen atoms in total. The molecular weight excluding hydrogens is 460 g/mol. The standard InChI is InChI=1S/C23H31ClN6O4/c1-25-20(31)14-30(15-21(32)26-2)23(33)34-12-6-5-7-18-13-19(28-22(27-18)29(3)4)16-8-10-17(24)11-9-16/h8-11,13H,5-7,12,14-15H2,1-4H3,(H,25,31)(H,26,32). The molecule has 0 spiro atoms. The topological polar surface area (TPSA) is 117 Å². The maximum absolute atomic E-state index is 12.3. The van der Waals surface area contributed by atoms with Gasteiger partial charge in [0.05, 0.1) is 12.3 Å². The van der Waals surface area contributed by atoms with Crippen LogP contribution in [0.1, 0.15) is 18.5 Å². The molecule has 1 aromatic carbocycles. The quantitative estimate of drug-likeness (QED) is 0.463. The van der Waals surface area contributed by atoms with Gasteiger partial charge in [-0.1, -0.05) is 23.7 Å². The molecule has 11 heteroatoms. The van der Waals surface area contributed by atoms with E-state index in [2.05, 4.69) is 20.6 Å². The predicted octanol–water partition coefficient (Wildman–Crippen LogP) is 2.12. The minimum absolute atomic E-state index is 0.159.